The number of aromatic nitrogens is 1. The summed E-state index contributed by atoms with van der Waals surface area (Å²) in [6.07, 6.45) is 8.66. The van der Waals surface area contributed by atoms with Gasteiger partial charge < -0.3 is 15.0 Å². The monoisotopic (exact) mass is 481 g/mol. The van der Waals surface area contributed by atoms with Gasteiger partial charge in [0.15, 0.2) is 0 Å². The molecule has 2 heterocycles. The van der Waals surface area contributed by atoms with Crippen LogP contribution in [0.5, 0.6) is 5.75 Å². The number of hydrogen-bond acceptors (Lipinski definition) is 3. The van der Waals surface area contributed by atoms with E-state index in [2.05, 4.69) is 15.2 Å². The smallest absolute Gasteiger partial charge is 0.251 e. The molecular weight excluding hydrogens is 448 g/mol. The van der Waals surface area contributed by atoms with Crippen molar-refractivity contribution in [1.29, 1.82) is 0 Å². The molecule has 1 saturated carbocycles. The van der Waals surface area contributed by atoms with Gasteiger partial charge in [0.25, 0.3) is 5.91 Å². The van der Waals surface area contributed by atoms with Gasteiger partial charge in [0.05, 0.1) is 5.52 Å². The number of aryl methyl sites for hydroxylation is 1. The van der Waals surface area contributed by atoms with Crippen molar-refractivity contribution in [2.24, 2.45) is 0 Å². The summed E-state index contributed by atoms with van der Waals surface area (Å²) >= 11 is 0. The lowest BCUT2D eigenvalue weighted by molar-refractivity contribution is 0.0434. The SMILES string of the molecule is CCCNC(=O)c1cccc2c1CC(N(CCCc1c[nH]c3c(F)cc(F)cc13)C1CCC1)CO2. The summed E-state index contributed by atoms with van der Waals surface area (Å²) in [7, 11) is 0. The average Bonchev–Trinajstić information content (AvgIpc) is 3.23. The van der Waals surface area contributed by atoms with Crippen molar-refractivity contribution in [3.8, 4) is 5.75 Å². The van der Waals surface area contributed by atoms with E-state index in [0.717, 1.165) is 55.2 Å². The van der Waals surface area contributed by atoms with Gasteiger partial charge in [-0.1, -0.05) is 19.4 Å². The molecule has 3 aromatic rings. The van der Waals surface area contributed by atoms with Crippen molar-refractivity contribution in [3.63, 3.8) is 0 Å². The third-order valence-electron chi connectivity index (χ3n) is 7.45. The molecule has 5 rings (SSSR count). The van der Waals surface area contributed by atoms with Gasteiger partial charge >= 0.3 is 0 Å². The molecule has 35 heavy (non-hydrogen) atoms. The molecular formula is C28H33F2N3O2. The van der Waals surface area contributed by atoms with Crippen LogP contribution < -0.4 is 10.1 Å². The highest BCUT2D eigenvalue weighted by atomic mass is 19.1. The van der Waals surface area contributed by atoms with Crippen LogP contribution >= 0.6 is 0 Å². The summed E-state index contributed by atoms with van der Waals surface area (Å²) < 4.78 is 34.0. The van der Waals surface area contributed by atoms with E-state index >= 15 is 0 Å². The Labute approximate surface area is 204 Å². The van der Waals surface area contributed by atoms with Crippen molar-refractivity contribution >= 4 is 16.8 Å². The fraction of sp³-hybridized carbons (Fsp3) is 0.464. The lowest BCUT2D eigenvalue weighted by Crippen LogP contribution is -2.51. The molecule has 5 nitrogen and oxygen atoms in total. The van der Waals surface area contributed by atoms with Crippen LogP contribution in [0.2, 0.25) is 0 Å². The Morgan fingerprint density at radius 3 is 2.86 bits per heavy atom. The predicted octanol–water partition coefficient (Wildman–Crippen LogP) is 5.38. The Morgan fingerprint density at radius 1 is 1.23 bits per heavy atom. The molecule has 1 amide bonds. The van der Waals surface area contributed by atoms with Crippen LogP contribution in [-0.4, -0.2) is 47.6 Å². The van der Waals surface area contributed by atoms with Gasteiger partial charge in [-0.2, -0.15) is 0 Å². The number of rotatable bonds is 9. The predicted molar refractivity (Wildman–Crippen MR) is 133 cm³/mol. The molecule has 7 heteroatoms. The maximum atomic E-state index is 14.1. The Bertz CT molecular complexity index is 1200. The Hall–Kier alpha value is -2.93. The highest BCUT2D eigenvalue weighted by Gasteiger charge is 2.34. The van der Waals surface area contributed by atoms with Crippen molar-refractivity contribution in [2.45, 2.75) is 64.0 Å². The largest absolute Gasteiger partial charge is 0.492 e. The molecule has 0 bridgehead atoms. The number of fused-ring (bicyclic) bond motifs is 2. The van der Waals surface area contributed by atoms with E-state index in [1.54, 1.807) is 6.20 Å². The van der Waals surface area contributed by atoms with Gasteiger partial charge in [-0.25, -0.2) is 8.78 Å². The van der Waals surface area contributed by atoms with Crippen molar-refractivity contribution in [3.05, 3.63) is 64.9 Å². The first kappa shape index (κ1) is 23.8. The summed E-state index contributed by atoms with van der Waals surface area (Å²) in [6.45, 7) is 4.18. The molecule has 1 fully saturated rings. The number of benzene rings is 2. The number of hydrogen-bond donors (Lipinski definition) is 2. The lowest BCUT2D eigenvalue weighted by atomic mass is 9.87. The molecule has 0 spiro atoms. The number of aromatic amines is 1. The van der Waals surface area contributed by atoms with Gasteiger partial charge in [0, 0.05) is 47.4 Å². The highest BCUT2D eigenvalue weighted by Crippen LogP contribution is 2.34. The van der Waals surface area contributed by atoms with Crippen molar-refractivity contribution in [1.82, 2.24) is 15.2 Å². The minimum Gasteiger partial charge on any atom is -0.492 e. The lowest BCUT2D eigenvalue weighted by Gasteiger charge is -2.44. The number of H-pyrrole nitrogens is 1. The fourth-order valence-corrected chi connectivity index (χ4v) is 5.40. The fourth-order valence-electron chi connectivity index (χ4n) is 5.40. The molecule has 186 valence electrons. The summed E-state index contributed by atoms with van der Waals surface area (Å²) in [5, 5.41) is 3.62. The zero-order chi connectivity index (χ0) is 24.4. The summed E-state index contributed by atoms with van der Waals surface area (Å²) in [6, 6.07) is 8.76. The van der Waals surface area contributed by atoms with Crippen LogP contribution in [0.3, 0.4) is 0 Å². The minimum absolute atomic E-state index is 0.0399. The first-order valence-electron chi connectivity index (χ1n) is 12.8. The van der Waals surface area contributed by atoms with Gasteiger partial charge in [0.1, 0.15) is 24.0 Å². The molecule has 1 unspecified atom stereocenters. The second kappa shape index (κ2) is 10.4. The zero-order valence-electron chi connectivity index (χ0n) is 20.2. The van der Waals surface area contributed by atoms with Gasteiger partial charge in [-0.05, 0) is 68.8 Å². The minimum atomic E-state index is -0.556. The average molecular weight is 482 g/mol. The molecule has 2 N–H and O–H groups in total. The maximum Gasteiger partial charge on any atom is 0.251 e. The second-order valence-electron chi connectivity index (χ2n) is 9.76. The third kappa shape index (κ3) is 4.92. The number of halogens is 2. The van der Waals surface area contributed by atoms with Crippen LogP contribution in [0.4, 0.5) is 8.78 Å². The Morgan fingerprint density at radius 2 is 2.09 bits per heavy atom. The second-order valence-corrected chi connectivity index (χ2v) is 9.76. The van der Waals surface area contributed by atoms with Gasteiger partial charge in [0.2, 0.25) is 0 Å². The van der Waals surface area contributed by atoms with Crippen molar-refractivity contribution in [2.75, 3.05) is 19.7 Å². The Kier molecular flexibility index (Phi) is 7.04. The zero-order valence-corrected chi connectivity index (χ0v) is 20.2. The topological polar surface area (TPSA) is 57.4 Å². The quantitative estimate of drug-likeness (QED) is 0.432. The normalized spacial score (nSPS) is 17.8. The van der Waals surface area contributed by atoms with Crippen LogP contribution in [0.15, 0.2) is 36.5 Å². The Balaban J connectivity index is 1.30. The van der Waals surface area contributed by atoms with Gasteiger partial charge in [-0.3, -0.25) is 9.69 Å². The molecule has 1 aliphatic heterocycles. The maximum absolute atomic E-state index is 14.1. The van der Waals surface area contributed by atoms with E-state index in [4.69, 9.17) is 4.74 Å². The van der Waals surface area contributed by atoms with E-state index in [1.165, 1.54) is 25.3 Å². The van der Waals surface area contributed by atoms with Crippen LogP contribution in [0, 0.1) is 11.6 Å². The van der Waals surface area contributed by atoms with E-state index in [0.29, 0.717) is 35.7 Å². The summed E-state index contributed by atoms with van der Waals surface area (Å²) in [5.74, 6) is -0.341. The standard InChI is InChI=1S/C28H33F2N3O2/c1-2-11-31-28(34)22-9-4-10-26-24(22)15-21(17-35-26)33(20-7-3-8-20)12-5-6-18-16-32-27-23(18)13-19(29)14-25(27)30/h4,9-10,13-14,16,20-21,32H,2-3,5-8,11-12,15,17H2,1H3,(H,31,34). The van der Waals surface area contributed by atoms with Crippen LogP contribution in [0.1, 0.15) is 60.5 Å². The van der Waals surface area contributed by atoms with Crippen LogP contribution in [0.25, 0.3) is 10.9 Å². The number of nitrogens with zero attached hydrogens (tertiary/aromatic N) is 1. The van der Waals surface area contributed by atoms with E-state index in [9.17, 15) is 13.6 Å². The molecule has 1 aromatic heterocycles. The van der Waals surface area contributed by atoms with Gasteiger partial charge in [-0.15, -0.1) is 0 Å². The number of nitrogens with one attached hydrogen (secondary N) is 2. The number of amides is 1. The molecule has 2 aromatic carbocycles. The van der Waals surface area contributed by atoms with E-state index in [1.807, 2.05) is 25.1 Å². The van der Waals surface area contributed by atoms with E-state index in [-0.39, 0.29) is 11.9 Å². The first-order valence-corrected chi connectivity index (χ1v) is 12.8. The third-order valence-corrected chi connectivity index (χ3v) is 7.45. The van der Waals surface area contributed by atoms with Crippen molar-refractivity contribution < 1.29 is 18.3 Å². The van der Waals surface area contributed by atoms with Crippen LogP contribution in [-0.2, 0) is 12.8 Å². The van der Waals surface area contributed by atoms with E-state index < -0.39 is 11.6 Å². The molecule has 1 aliphatic carbocycles. The number of ether oxygens (including phenoxy) is 1. The number of carbonyl (C=O) groups is 1. The molecule has 0 saturated heterocycles. The first-order chi connectivity index (χ1) is 17.0. The molecule has 0 radical (unpaired) electrons. The summed E-state index contributed by atoms with van der Waals surface area (Å²) in [5.41, 5.74) is 3.00. The molecule has 1 atom stereocenters. The molecule has 2 aliphatic rings. The highest BCUT2D eigenvalue weighted by molar-refractivity contribution is 5.96. The number of carbonyl (C=O) groups excluding carboxylic acids is 1. The summed E-state index contributed by atoms with van der Waals surface area (Å²) in [4.78, 5) is 18.3.